The quantitative estimate of drug-likeness (QED) is 0.500. The van der Waals surface area contributed by atoms with Crippen LogP contribution in [-0.2, 0) is 4.79 Å². The van der Waals surface area contributed by atoms with Crippen LogP contribution < -0.4 is 10.7 Å². The predicted octanol–water partition coefficient (Wildman–Crippen LogP) is 3.27. The minimum absolute atomic E-state index is 0.101. The Morgan fingerprint density at radius 2 is 1.65 bits per heavy atom. The zero-order valence-electron chi connectivity index (χ0n) is 14.1. The molecule has 0 aliphatic heterocycles. The smallest absolute Gasteiger partial charge is 0.275 e. The van der Waals surface area contributed by atoms with Gasteiger partial charge in [0, 0.05) is 12.6 Å². The third-order valence-corrected chi connectivity index (χ3v) is 3.72. The maximum absolute atomic E-state index is 12.2. The summed E-state index contributed by atoms with van der Waals surface area (Å²) in [6.45, 7) is 1.44. The topological polar surface area (TPSA) is 90.8 Å². The van der Waals surface area contributed by atoms with Gasteiger partial charge in [-0.15, -0.1) is 0 Å². The number of amides is 2. The molecule has 6 nitrogen and oxygen atoms in total. The number of anilines is 1. The van der Waals surface area contributed by atoms with Gasteiger partial charge in [0.2, 0.25) is 5.91 Å². The van der Waals surface area contributed by atoms with E-state index in [-0.39, 0.29) is 17.2 Å². The predicted molar refractivity (Wildman–Crippen MR) is 101 cm³/mol. The van der Waals surface area contributed by atoms with E-state index in [0.717, 1.165) is 16.3 Å². The van der Waals surface area contributed by atoms with Crippen LogP contribution in [0.4, 0.5) is 5.69 Å². The van der Waals surface area contributed by atoms with Crippen molar-refractivity contribution in [3.05, 3.63) is 71.8 Å². The minimum Gasteiger partial charge on any atom is -0.507 e. The molecule has 0 unspecified atom stereocenters. The Kier molecular flexibility index (Phi) is 4.94. The first-order valence-corrected chi connectivity index (χ1v) is 7.96. The molecule has 0 fully saturated rings. The number of nitrogens with zero attached hydrogens (tertiary/aromatic N) is 1. The molecular formula is C20H17N3O3. The SMILES string of the molecule is CC(=O)Nc1ccc(/C=N\NC(=O)c2cc3ccccc3cc2O)cc1. The van der Waals surface area contributed by atoms with Gasteiger partial charge in [-0.25, -0.2) is 5.43 Å². The molecule has 0 aliphatic rings. The van der Waals surface area contributed by atoms with Crippen molar-refractivity contribution in [1.82, 2.24) is 5.43 Å². The van der Waals surface area contributed by atoms with Gasteiger partial charge in [0.1, 0.15) is 5.75 Å². The number of hydrogen-bond donors (Lipinski definition) is 3. The third-order valence-electron chi connectivity index (χ3n) is 3.72. The number of carbonyl (C=O) groups is 2. The summed E-state index contributed by atoms with van der Waals surface area (Å²) in [4.78, 5) is 23.2. The molecule has 3 aromatic carbocycles. The Hall–Kier alpha value is -3.67. The monoisotopic (exact) mass is 347 g/mol. The Balaban J connectivity index is 1.69. The van der Waals surface area contributed by atoms with Crippen LogP contribution in [-0.4, -0.2) is 23.1 Å². The fourth-order valence-corrected chi connectivity index (χ4v) is 2.49. The summed E-state index contributed by atoms with van der Waals surface area (Å²) in [6, 6.07) is 17.6. The summed E-state index contributed by atoms with van der Waals surface area (Å²) in [5.41, 5.74) is 3.99. The number of rotatable bonds is 4. The van der Waals surface area contributed by atoms with E-state index in [9.17, 15) is 14.7 Å². The Bertz CT molecular complexity index is 995. The second-order valence-electron chi connectivity index (χ2n) is 5.72. The zero-order chi connectivity index (χ0) is 18.5. The van der Waals surface area contributed by atoms with E-state index in [2.05, 4.69) is 15.8 Å². The van der Waals surface area contributed by atoms with Gasteiger partial charge in [-0.05, 0) is 40.6 Å². The summed E-state index contributed by atoms with van der Waals surface area (Å²) in [5, 5.41) is 18.3. The molecule has 26 heavy (non-hydrogen) atoms. The Labute approximate surface area is 150 Å². The first kappa shape index (κ1) is 17.2. The number of aromatic hydroxyl groups is 1. The van der Waals surface area contributed by atoms with Crippen LogP contribution in [0.15, 0.2) is 65.8 Å². The summed E-state index contributed by atoms with van der Waals surface area (Å²) >= 11 is 0. The summed E-state index contributed by atoms with van der Waals surface area (Å²) in [6.07, 6.45) is 1.48. The van der Waals surface area contributed by atoms with E-state index >= 15 is 0 Å². The summed E-state index contributed by atoms with van der Waals surface area (Å²) < 4.78 is 0. The van der Waals surface area contributed by atoms with Gasteiger partial charge in [-0.1, -0.05) is 36.4 Å². The van der Waals surface area contributed by atoms with Crippen LogP contribution in [0.2, 0.25) is 0 Å². The molecular weight excluding hydrogens is 330 g/mol. The molecule has 0 heterocycles. The average Bonchev–Trinajstić information content (AvgIpc) is 2.62. The largest absolute Gasteiger partial charge is 0.507 e. The highest BCUT2D eigenvalue weighted by molar-refractivity contribution is 6.01. The van der Waals surface area contributed by atoms with Gasteiger partial charge in [0.25, 0.3) is 5.91 Å². The van der Waals surface area contributed by atoms with E-state index in [4.69, 9.17) is 0 Å². The van der Waals surface area contributed by atoms with Gasteiger partial charge in [0.05, 0.1) is 11.8 Å². The molecule has 0 aliphatic carbocycles. The van der Waals surface area contributed by atoms with Crippen molar-refractivity contribution in [2.45, 2.75) is 6.92 Å². The Morgan fingerprint density at radius 3 is 2.31 bits per heavy atom. The highest BCUT2D eigenvalue weighted by atomic mass is 16.3. The molecule has 2 amide bonds. The van der Waals surface area contributed by atoms with Crippen LogP contribution in [0.25, 0.3) is 10.8 Å². The molecule has 0 radical (unpaired) electrons. The van der Waals surface area contributed by atoms with Gasteiger partial charge in [-0.3, -0.25) is 9.59 Å². The van der Waals surface area contributed by atoms with Crippen molar-refractivity contribution in [1.29, 1.82) is 0 Å². The number of nitrogens with one attached hydrogen (secondary N) is 2. The molecule has 0 saturated carbocycles. The number of hydrogen-bond acceptors (Lipinski definition) is 4. The number of benzene rings is 3. The molecule has 0 atom stereocenters. The van der Waals surface area contributed by atoms with E-state index in [1.54, 1.807) is 36.4 Å². The standard InChI is InChI=1S/C20H17N3O3/c1-13(24)22-17-8-6-14(7-9-17)12-21-23-20(26)18-10-15-4-2-3-5-16(15)11-19(18)25/h2-12,25H,1H3,(H,22,24)(H,23,26)/b21-12-. The van der Waals surface area contributed by atoms with Gasteiger partial charge >= 0.3 is 0 Å². The third kappa shape index (κ3) is 4.05. The minimum atomic E-state index is -0.501. The summed E-state index contributed by atoms with van der Waals surface area (Å²) in [7, 11) is 0. The Morgan fingerprint density at radius 1 is 1.00 bits per heavy atom. The molecule has 6 heteroatoms. The molecule has 0 saturated heterocycles. The van der Waals surface area contributed by atoms with E-state index in [1.165, 1.54) is 13.1 Å². The van der Waals surface area contributed by atoms with Crippen LogP contribution in [0.3, 0.4) is 0 Å². The lowest BCUT2D eigenvalue weighted by Crippen LogP contribution is -2.17. The molecule has 0 aromatic heterocycles. The van der Waals surface area contributed by atoms with Crippen LogP contribution >= 0.6 is 0 Å². The van der Waals surface area contributed by atoms with Gasteiger partial charge in [0.15, 0.2) is 0 Å². The molecule has 3 aromatic rings. The maximum atomic E-state index is 12.2. The van der Waals surface area contributed by atoms with Crippen LogP contribution in [0.5, 0.6) is 5.75 Å². The maximum Gasteiger partial charge on any atom is 0.275 e. The van der Waals surface area contributed by atoms with E-state index < -0.39 is 5.91 Å². The second kappa shape index (κ2) is 7.48. The fourth-order valence-electron chi connectivity index (χ4n) is 2.49. The van der Waals surface area contributed by atoms with Crippen molar-refractivity contribution in [2.75, 3.05) is 5.32 Å². The van der Waals surface area contributed by atoms with Crippen molar-refractivity contribution >= 4 is 34.5 Å². The highest BCUT2D eigenvalue weighted by Gasteiger charge is 2.11. The molecule has 0 bridgehead atoms. The van der Waals surface area contributed by atoms with Crippen LogP contribution in [0, 0.1) is 0 Å². The average molecular weight is 347 g/mol. The van der Waals surface area contributed by atoms with Crippen molar-refractivity contribution in [3.63, 3.8) is 0 Å². The first-order chi connectivity index (χ1) is 12.5. The molecule has 0 spiro atoms. The van der Waals surface area contributed by atoms with Crippen molar-refractivity contribution in [3.8, 4) is 5.75 Å². The normalized spacial score (nSPS) is 10.8. The second-order valence-corrected chi connectivity index (χ2v) is 5.72. The molecule has 130 valence electrons. The number of hydrazone groups is 1. The lowest BCUT2D eigenvalue weighted by atomic mass is 10.1. The molecule has 3 N–H and O–H groups in total. The van der Waals surface area contributed by atoms with Gasteiger partial charge < -0.3 is 10.4 Å². The van der Waals surface area contributed by atoms with E-state index in [0.29, 0.717) is 5.69 Å². The zero-order valence-corrected chi connectivity index (χ0v) is 14.1. The summed E-state index contributed by atoms with van der Waals surface area (Å²) in [5.74, 6) is -0.746. The first-order valence-electron chi connectivity index (χ1n) is 7.96. The lowest BCUT2D eigenvalue weighted by Gasteiger charge is -2.06. The van der Waals surface area contributed by atoms with Crippen molar-refractivity contribution in [2.24, 2.45) is 5.10 Å². The van der Waals surface area contributed by atoms with E-state index in [1.807, 2.05) is 24.3 Å². The highest BCUT2D eigenvalue weighted by Crippen LogP contribution is 2.24. The lowest BCUT2D eigenvalue weighted by molar-refractivity contribution is -0.114. The van der Waals surface area contributed by atoms with Crippen molar-refractivity contribution < 1.29 is 14.7 Å². The van der Waals surface area contributed by atoms with Gasteiger partial charge in [-0.2, -0.15) is 5.10 Å². The number of fused-ring (bicyclic) bond motifs is 1. The fraction of sp³-hybridized carbons (Fsp3) is 0.0500. The number of phenols is 1. The van der Waals surface area contributed by atoms with Crippen LogP contribution in [0.1, 0.15) is 22.8 Å². The number of carbonyl (C=O) groups excluding carboxylic acids is 2. The molecule has 3 rings (SSSR count). The number of phenolic OH excluding ortho intramolecular Hbond substituents is 1.